The Morgan fingerprint density at radius 2 is 2.26 bits per heavy atom. The zero-order chi connectivity index (χ0) is 14.3. The van der Waals surface area contributed by atoms with Crippen molar-refractivity contribution in [3.63, 3.8) is 0 Å². The average Bonchev–Trinajstić information content (AvgIpc) is 2.38. The molecule has 1 saturated heterocycles. The summed E-state index contributed by atoms with van der Waals surface area (Å²) in [6.45, 7) is 4.11. The van der Waals surface area contributed by atoms with Gasteiger partial charge in [-0.2, -0.15) is 11.8 Å². The molecule has 0 aliphatic carbocycles. The molecule has 1 heterocycles. The van der Waals surface area contributed by atoms with Crippen molar-refractivity contribution in [3.8, 4) is 0 Å². The van der Waals surface area contributed by atoms with E-state index in [9.17, 15) is 9.59 Å². The Balaban J connectivity index is 2.40. The normalized spacial score (nSPS) is 20.9. The Labute approximate surface area is 119 Å². The number of piperidine rings is 1. The number of aliphatic carboxylic acids is 1. The van der Waals surface area contributed by atoms with Gasteiger partial charge in [0.1, 0.15) is 0 Å². The van der Waals surface area contributed by atoms with Crippen LogP contribution in [0.15, 0.2) is 0 Å². The molecule has 0 radical (unpaired) electrons. The molecule has 1 aliphatic rings. The van der Waals surface area contributed by atoms with Gasteiger partial charge in [0.05, 0.1) is 0 Å². The molecule has 1 aliphatic heterocycles. The summed E-state index contributed by atoms with van der Waals surface area (Å²) in [4.78, 5) is 24.5. The number of nitrogens with zero attached hydrogens (tertiary/aromatic N) is 1. The number of hydrogen-bond donors (Lipinski definition) is 2. The van der Waals surface area contributed by atoms with Gasteiger partial charge in [-0.25, -0.2) is 4.79 Å². The van der Waals surface area contributed by atoms with E-state index < -0.39 is 5.97 Å². The van der Waals surface area contributed by atoms with E-state index in [1.807, 2.05) is 18.1 Å². The average molecular weight is 288 g/mol. The van der Waals surface area contributed by atoms with E-state index in [0.29, 0.717) is 19.0 Å². The van der Waals surface area contributed by atoms with Crippen LogP contribution in [-0.4, -0.2) is 53.6 Å². The van der Waals surface area contributed by atoms with Gasteiger partial charge in [0, 0.05) is 31.8 Å². The van der Waals surface area contributed by atoms with Crippen molar-refractivity contribution >= 4 is 23.8 Å². The van der Waals surface area contributed by atoms with Crippen molar-refractivity contribution in [1.29, 1.82) is 0 Å². The Morgan fingerprint density at radius 1 is 1.53 bits per heavy atom. The number of carbonyl (C=O) groups is 2. The number of carboxylic acid groups (broad SMARTS) is 1. The highest BCUT2D eigenvalue weighted by Gasteiger charge is 2.28. The third-order valence-corrected chi connectivity index (χ3v) is 4.24. The second-order valence-electron chi connectivity index (χ2n) is 5.15. The minimum atomic E-state index is -0.756. The molecule has 6 heteroatoms. The first-order valence-corrected chi connectivity index (χ1v) is 8.17. The van der Waals surface area contributed by atoms with E-state index in [0.717, 1.165) is 25.1 Å². The fourth-order valence-electron chi connectivity index (χ4n) is 2.47. The molecule has 19 heavy (non-hydrogen) atoms. The van der Waals surface area contributed by atoms with Gasteiger partial charge in [-0.05, 0) is 30.9 Å². The zero-order valence-electron chi connectivity index (χ0n) is 11.7. The summed E-state index contributed by atoms with van der Waals surface area (Å²) in [5.41, 5.74) is 0. The third kappa shape index (κ3) is 5.72. The summed E-state index contributed by atoms with van der Waals surface area (Å²) >= 11 is 1.70. The lowest BCUT2D eigenvalue weighted by Crippen LogP contribution is -2.47. The van der Waals surface area contributed by atoms with Crippen LogP contribution in [0.1, 0.15) is 26.2 Å². The van der Waals surface area contributed by atoms with Crippen LogP contribution in [0.5, 0.6) is 0 Å². The standard InChI is InChI=1S/C13H24N2O3S/c1-10(8-12(16)17)11-4-3-6-15(9-11)13(18)14-5-7-19-2/h10-11H,3-9H2,1-2H3,(H,14,18)(H,16,17). The van der Waals surface area contributed by atoms with Crippen molar-refractivity contribution in [1.82, 2.24) is 10.2 Å². The SMILES string of the molecule is CSCCNC(=O)N1CCCC(C(C)CC(=O)O)C1. The minimum Gasteiger partial charge on any atom is -0.481 e. The van der Waals surface area contributed by atoms with Crippen LogP contribution < -0.4 is 5.32 Å². The quantitative estimate of drug-likeness (QED) is 0.732. The number of likely N-dealkylation sites (tertiary alicyclic amines) is 1. The van der Waals surface area contributed by atoms with Crippen LogP contribution in [0.2, 0.25) is 0 Å². The van der Waals surface area contributed by atoms with E-state index in [2.05, 4.69) is 5.32 Å². The van der Waals surface area contributed by atoms with Crippen molar-refractivity contribution in [2.24, 2.45) is 11.8 Å². The molecule has 5 nitrogen and oxygen atoms in total. The van der Waals surface area contributed by atoms with Crippen molar-refractivity contribution in [2.75, 3.05) is 31.6 Å². The number of hydrogen-bond acceptors (Lipinski definition) is 3. The van der Waals surface area contributed by atoms with E-state index >= 15 is 0 Å². The first-order chi connectivity index (χ1) is 9.04. The highest BCUT2D eigenvalue weighted by atomic mass is 32.2. The number of carbonyl (C=O) groups excluding carboxylic acids is 1. The molecule has 1 rings (SSSR count). The number of amides is 2. The number of thioether (sulfide) groups is 1. The molecule has 0 saturated carbocycles. The lowest BCUT2D eigenvalue weighted by molar-refractivity contribution is -0.138. The van der Waals surface area contributed by atoms with E-state index in [4.69, 9.17) is 5.11 Å². The number of rotatable bonds is 6. The van der Waals surface area contributed by atoms with Crippen LogP contribution in [0, 0.1) is 11.8 Å². The molecule has 110 valence electrons. The number of carboxylic acids is 1. The maximum absolute atomic E-state index is 12.0. The molecule has 0 aromatic heterocycles. The molecular formula is C13H24N2O3S. The second-order valence-corrected chi connectivity index (χ2v) is 6.13. The zero-order valence-corrected chi connectivity index (χ0v) is 12.5. The Bertz CT molecular complexity index is 312. The van der Waals surface area contributed by atoms with E-state index in [1.165, 1.54) is 0 Å². The first kappa shape index (κ1) is 16.1. The lowest BCUT2D eigenvalue weighted by atomic mass is 9.85. The highest BCUT2D eigenvalue weighted by molar-refractivity contribution is 7.98. The summed E-state index contributed by atoms with van der Waals surface area (Å²) in [7, 11) is 0. The minimum absolute atomic E-state index is 0.0127. The van der Waals surface area contributed by atoms with E-state index in [1.54, 1.807) is 11.8 Å². The number of urea groups is 1. The molecule has 0 aromatic carbocycles. The fraction of sp³-hybridized carbons (Fsp3) is 0.846. The molecule has 2 amide bonds. The molecule has 2 N–H and O–H groups in total. The third-order valence-electron chi connectivity index (χ3n) is 3.63. The van der Waals surface area contributed by atoms with Crippen molar-refractivity contribution in [3.05, 3.63) is 0 Å². The van der Waals surface area contributed by atoms with Gasteiger partial charge in [0.15, 0.2) is 0 Å². The summed E-state index contributed by atoms with van der Waals surface area (Å²) in [6.07, 6.45) is 4.18. The van der Waals surface area contributed by atoms with Crippen LogP contribution in [0.25, 0.3) is 0 Å². The van der Waals surface area contributed by atoms with E-state index in [-0.39, 0.29) is 18.4 Å². The first-order valence-electron chi connectivity index (χ1n) is 6.78. The van der Waals surface area contributed by atoms with Gasteiger partial charge in [-0.3, -0.25) is 4.79 Å². The summed E-state index contributed by atoms with van der Waals surface area (Å²) < 4.78 is 0. The Morgan fingerprint density at radius 3 is 2.89 bits per heavy atom. The second kappa shape index (κ2) is 8.30. The van der Waals surface area contributed by atoms with Gasteiger partial charge >= 0.3 is 12.0 Å². The summed E-state index contributed by atoms with van der Waals surface area (Å²) in [5.74, 6) is 0.586. The maximum Gasteiger partial charge on any atom is 0.317 e. The van der Waals surface area contributed by atoms with Gasteiger partial charge in [0.2, 0.25) is 0 Å². The largest absolute Gasteiger partial charge is 0.481 e. The molecular weight excluding hydrogens is 264 g/mol. The topological polar surface area (TPSA) is 69.6 Å². The summed E-state index contributed by atoms with van der Waals surface area (Å²) in [5, 5.41) is 11.7. The van der Waals surface area contributed by atoms with Gasteiger partial charge in [-0.15, -0.1) is 0 Å². The predicted octanol–water partition coefficient (Wildman–Crippen LogP) is 1.88. The van der Waals surface area contributed by atoms with Crippen LogP contribution >= 0.6 is 11.8 Å². The molecule has 2 unspecified atom stereocenters. The van der Waals surface area contributed by atoms with Crippen molar-refractivity contribution in [2.45, 2.75) is 26.2 Å². The summed E-state index contributed by atoms with van der Waals surface area (Å²) in [6, 6.07) is -0.0127. The van der Waals surface area contributed by atoms with Crippen LogP contribution in [-0.2, 0) is 4.79 Å². The predicted molar refractivity (Wildman–Crippen MR) is 77.5 cm³/mol. The van der Waals surface area contributed by atoms with Crippen LogP contribution in [0.4, 0.5) is 4.79 Å². The number of nitrogens with one attached hydrogen (secondary N) is 1. The Hall–Kier alpha value is -0.910. The molecule has 0 aromatic rings. The Kier molecular flexibility index (Phi) is 7.05. The monoisotopic (exact) mass is 288 g/mol. The fourth-order valence-corrected chi connectivity index (χ4v) is 2.78. The molecule has 0 bridgehead atoms. The maximum atomic E-state index is 12.0. The highest BCUT2D eigenvalue weighted by Crippen LogP contribution is 2.26. The lowest BCUT2D eigenvalue weighted by Gasteiger charge is -2.35. The van der Waals surface area contributed by atoms with Crippen LogP contribution in [0.3, 0.4) is 0 Å². The molecule has 2 atom stereocenters. The molecule has 1 fully saturated rings. The van der Waals surface area contributed by atoms with Gasteiger partial charge in [0.25, 0.3) is 0 Å². The smallest absolute Gasteiger partial charge is 0.317 e. The van der Waals surface area contributed by atoms with Crippen molar-refractivity contribution < 1.29 is 14.7 Å². The van der Waals surface area contributed by atoms with Gasteiger partial charge < -0.3 is 15.3 Å². The molecule has 0 spiro atoms. The van der Waals surface area contributed by atoms with Gasteiger partial charge in [-0.1, -0.05) is 6.92 Å².